The summed E-state index contributed by atoms with van der Waals surface area (Å²) in [6.45, 7) is 2.18. The summed E-state index contributed by atoms with van der Waals surface area (Å²) >= 11 is 5.70. The summed E-state index contributed by atoms with van der Waals surface area (Å²) in [6, 6.07) is 4.78. The molecule has 0 aliphatic heterocycles. The van der Waals surface area contributed by atoms with E-state index in [1.807, 2.05) is 10.8 Å². The van der Waals surface area contributed by atoms with Gasteiger partial charge in [0, 0.05) is 23.6 Å². The van der Waals surface area contributed by atoms with Gasteiger partial charge in [0.15, 0.2) is 0 Å². The van der Waals surface area contributed by atoms with Crippen molar-refractivity contribution in [2.75, 3.05) is 0 Å². The van der Waals surface area contributed by atoms with Gasteiger partial charge in [-0.05, 0) is 25.1 Å². The molecule has 0 saturated carbocycles. The van der Waals surface area contributed by atoms with Crippen LogP contribution in [0.5, 0.6) is 0 Å². The Morgan fingerprint density at radius 3 is 2.93 bits per heavy atom. The first-order valence-corrected chi connectivity index (χ1v) is 5.07. The van der Waals surface area contributed by atoms with E-state index in [-0.39, 0.29) is 5.02 Å². The Labute approximate surface area is 91.9 Å². The first kappa shape index (κ1) is 10.5. The fourth-order valence-corrected chi connectivity index (χ4v) is 1.79. The third-order valence-electron chi connectivity index (χ3n) is 2.27. The Balaban J connectivity index is 2.54. The molecule has 1 atom stereocenters. The molecule has 0 fully saturated rings. The minimum Gasteiger partial charge on any atom is -0.392 e. The van der Waals surface area contributed by atoms with Gasteiger partial charge in [0.25, 0.3) is 0 Å². The number of hydrogen-bond acceptors (Lipinski definition) is 1. The molecule has 2 aromatic rings. The molecule has 2 rings (SSSR count). The van der Waals surface area contributed by atoms with Crippen molar-refractivity contribution < 1.29 is 9.50 Å². The molecule has 1 heterocycles. The van der Waals surface area contributed by atoms with E-state index in [0.29, 0.717) is 6.54 Å². The highest BCUT2D eigenvalue weighted by atomic mass is 35.5. The maximum Gasteiger partial charge on any atom is 0.142 e. The summed E-state index contributed by atoms with van der Waals surface area (Å²) in [7, 11) is 0. The molecular formula is C11H11ClFNO. The van der Waals surface area contributed by atoms with Crippen molar-refractivity contribution in [1.29, 1.82) is 0 Å². The molecule has 0 aliphatic rings. The van der Waals surface area contributed by atoms with Crippen molar-refractivity contribution in [2.45, 2.75) is 19.6 Å². The summed E-state index contributed by atoms with van der Waals surface area (Å²) in [5.41, 5.74) is 0.835. The van der Waals surface area contributed by atoms with Crippen LogP contribution in [0.3, 0.4) is 0 Å². The number of benzene rings is 1. The fraction of sp³-hybridized carbons (Fsp3) is 0.273. The van der Waals surface area contributed by atoms with Crippen LogP contribution in [0.2, 0.25) is 5.02 Å². The monoisotopic (exact) mass is 227 g/mol. The average molecular weight is 228 g/mol. The second-order valence-corrected chi connectivity index (χ2v) is 4.05. The van der Waals surface area contributed by atoms with E-state index in [4.69, 9.17) is 11.6 Å². The van der Waals surface area contributed by atoms with E-state index in [2.05, 4.69) is 0 Å². The Morgan fingerprint density at radius 1 is 1.53 bits per heavy atom. The van der Waals surface area contributed by atoms with Crippen LogP contribution >= 0.6 is 11.6 Å². The van der Waals surface area contributed by atoms with Crippen LogP contribution in [-0.4, -0.2) is 15.8 Å². The zero-order valence-electron chi connectivity index (χ0n) is 8.24. The Morgan fingerprint density at radius 2 is 2.27 bits per heavy atom. The second-order valence-electron chi connectivity index (χ2n) is 3.64. The minimum atomic E-state index is -0.440. The lowest BCUT2D eigenvalue weighted by Crippen LogP contribution is -2.10. The summed E-state index contributed by atoms with van der Waals surface area (Å²) in [5, 5.41) is 10.2. The second kappa shape index (κ2) is 3.83. The maximum atomic E-state index is 13.1. The lowest BCUT2D eigenvalue weighted by molar-refractivity contribution is 0.175. The van der Waals surface area contributed by atoms with E-state index >= 15 is 0 Å². The molecule has 2 nitrogen and oxygen atoms in total. The first-order valence-electron chi connectivity index (χ1n) is 4.70. The molecule has 0 spiro atoms. The minimum absolute atomic E-state index is 0.105. The average Bonchev–Trinajstić information content (AvgIpc) is 2.49. The first-order chi connectivity index (χ1) is 7.08. The molecule has 80 valence electrons. The van der Waals surface area contributed by atoms with Gasteiger partial charge in [-0.15, -0.1) is 0 Å². The zero-order chi connectivity index (χ0) is 11.0. The number of fused-ring (bicyclic) bond motifs is 1. The molecular weight excluding hydrogens is 217 g/mol. The molecule has 4 heteroatoms. The van der Waals surface area contributed by atoms with Crippen molar-refractivity contribution in [2.24, 2.45) is 0 Å². The van der Waals surface area contributed by atoms with Gasteiger partial charge in [-0.3, -0.25) is 0 Å². The number of hydrogen-bond donors (Lipinski definition) is 1. The SMILES string of the molecule is C[C@H](O)Cn1ccc2cc(F)c(Cl)cc21. The van der Waals surface area contributed by atoms with Crippen LogP contribution in [0.4, 0.5) is 4.39 Å². The van der Waals surface area contributed by atoms with Crippen molar-refractivity contribution in [3.8, 4) is 0 Å². The highest BCUT2D eigenvalue weighted by Gasteiger charge is 2.07. The van der Waals surface area contributed by atoms with Crippen LogP contribution in [0.1, 0.15) is 6.92 Å². The van der Waals surface area contributed by atoms with Crippen LogP contribution < -0.4 is 0 Å². The van der Waals surface area contributed by atoms with Crippen molar-refractivity contribution in [3.05, 3.63) is 35.2 Å². The maximum absolute atomic E-state index is 13.1. The van der Waals surface area contributed by atoms with E-state index in [9.17, 15) is 9.50 Å². The van der Waals surface area contributed by atoms with Gasteiger partial charge in [-0.1, -0.05) is 11.6 Å². The quantitative estimate of drug-likeness (QED) is 0.839. The van der Waals surface area contributed by atoms with Crippen LogP contribution in [-0.2, 0) is 6.54 Å². The standard InChI is InChI=1S/C11H11ClFNO/c1-7(15)6-14-3-2-8-4-10(13)9(12)5-11(8)14/h2-5,7,15H,6H2,1H3/t7-/m0/s1. The Bertz CT molecular complexity index is 493. The Hall–Kier alpha value is -1.06. The van der Waals surface area contributed by atoms with Crippen LogP contribution in [0.15, 0.2) is 24.4 Å². The largest absolute Gasteiger partial charge is 0.392 e. The van der Waals surface area contributed by atoms with Gasteiger partial charge in [0.1, 0.15) is 5.82 Å². The van der Waals surface area contributed by atoms with Crippen molar-refractivity contribution in [3.63, 3.8) is 0 Å². The van der Waals surface area contributed by atoms with E-state index in [1.165, 1.54) is 6.07 Å². The summed E-state index contributed by atoms with van der Waals surface area (Å²) in [6.07, 6.45) is 1.37. The van der Waals surface area contributed by atoms with Gasteiger partial charge >= 0.3 is 0 Å². The molecule has 0 bridgehead atoms. The molecule has 1 aromatic carbocycles. The van der Waals surface area contributed by atoms with Crippen LogP contribution in [0, 0.1) is 5.82 Å². The number of aliphatic hydroxyl groups excluding tert-OH is 1. The van der Waals surface area contributed by atoms with Crippen LogP contribution in [0.25, 0.3) is 10.9 Å². The summed E-state index contributed by atoms with van der Waals surface area (Å²) < 4.78 is 15.0. The van der Waals surface area contributed by atoms with Gasteiger partial charge in [0.05, 0.1) is 11.1 Å². The normalized spacial score (nSPS) is 13.3. The molecule has 0 radical (unpaired) electrons. The summed E-state index contributed by atoms with van der Waals surface area (Å²) in [4.78, 5) is 0. The molecule has 1 N–H and O–H groups in total. The molecule has 0 aliphatic carbocycles. The van der Waals surface area contributed by atoms with E-state index < -0.39 is 11.9 Å². The third kappa shape index (κ3) is 1.98. The molecule has 0 unspecified atom stereocenters. The molecule has 0 saturated heterocycles. The number of rotatable bonds is 2. The zero-order valence-corrected chi connectivity index (χ0v) is 9.00. The number of aromatic nitrogens is 1. The van der Waals surface area contributed by atoms with Gasteiger partial charge in [0.2, 0.25) is 0 Å². The van der Waals surface area contributed by atoms with Gasteiger partial charge < -0.3 is 9.67 Å². The predicted octanol–water partition coefficient (Wildman–Crippen LogP) is 2.81. The number of aliphatic hydroxyl groups is 1. The van der Waals surface area contributed by atoms with Gasteiger partial charge in [-0.25, -0.2) is 4.39 Å². The molecule has 1 aromatic heterocycles. The highest BCUT2D eigenvalue weighted by Crippen LogP contribution is 2.23. The summed E-state index contributed by atoms with van der Waals surface area (Å²) in [5.74, 6) is -0.418. The highest BCUT2D eigenvalue weighted by molar-refractivity contribution is 6.31. The Kier molecular flexibility index (Phi) is 2.67. The smallest absolute Gasteiger partial charge is 0.142 e. The van der Waals surface area contributed by atoms with Crippen molar-refractivity contribution in [1.82, 2.24) is 4.57 Å². The van der Waals surface area contributed by atoms with E-state index in [0.717, 1.165) is 10.9 Å². The predicted molar refractivity (Wildman–Crippen MR) is 58.6 cm³/mol. The molecule has 15 heavy (non-hydrogen) atoms. The fourth-order valence-electron chi connectivity index (χ4n) is 1.63. The van der Waals surface area contributed by atoms with E-state index in [1.54, 1.807) is 19.1 Å². The molecule has 0 amide bonds. The number of halogens is 2. The lowest BCUT2D eigenvalue weighted by Gasteiger charge is -2.07. The number of nitrogens with zero attached hydrogens (tertiary/aromatic N) is 1. The van der Waals surface area contributed by atoms with Crippen molar-refractivity contribution >= 4 is 22.5 Å². The lowest BCUT2D eigenvalue weighted by atomic mass is 10.2. The third-order valence-corrected chi connectivity index (χ3v) is 2.56. The van der Waals surface area contributed by atoms with Gasteiger partial charge in [-0.2, -0.15) is 0 Å². The topological polar surface area (TPSA) is 25.2 Å².